The van der Waals surface area contributed by atoms with Crippen LogP contribution in [0.15, 0.2) is 0 Å². The number of aliphatic hydroxyl groups is 1. The van der Waals surface area contributed by atoms with Crippen LogP contribution in [0.5, 0.6) is 0 Å². The Bertz CT molecular complexity index is 150. The van der Waals surface area contributed by atoms with Crippen molar-refractivity contribution < 1.29 is 19.4 Å². The molecule has 1 aliphatic rings. The minimum absolute atomic E-state index is 0.141. The average molecular weight is 161 g/mol. The number of hydrogen-bond acceptors (Lipinski definition) is 4. The predicted octanol–water partition coefficient (Wildman–Crippen LogP) is -0.768. The molecule has 0 radical (unpaired) electrons. The van der Waals surface area contributed by atoms with E-state index in [-0.39, 0.29) is 12.7 Å². The number of carbonyl (C=O) groups excluding carboxylic acids is 1. The molecule has 0 aromatic rings. The fraction of sp³-hybridized carbons (Fsp3) is 0.833. The van der Waals surface area contributed by atoms with Crippen LogP contribution in [0.4, 0.5) is 4.79 Å². The summed E-state index contributed by atoms with van der Waals surface area (Å²) in [6.45, 7) is 0.362. The molecule has 1 saturated heterocycles. The molecule has 0 saturated carbocycles. The number of nitrogens with two attached hydrogens (primary N) is 1. The van der Waals surface area contributed by atoms with Gasteiger partial charge < -0.3 is 20.3 Å². The second-order valence-electron chi connectivity index (χ2n) is 2.36. The Morgan fingerprint density at radius 2 is 2.55 bits per heavy atom. The van der Waals surface area contributed by atoms with E-state index in [0.29, 0.717) is 13.0 Å². The van der Waals surface area contributed by atoms with Gasteiger partial charge in [0.1, 0.15) is 12.2 Å². The van der Waals surface area contributed by atoms with Crippen molar-refractivity contribution in [1.29, 1.82) is 0 Å². The Hall–Kier alpha value is -0.810. The van der Waals surface area contributed by atoms with Gasteiger partial charge in [0, 0.05) is 6.42 Å². The van der Waals surface area contributed by atoms with Crippen molar-refractivity contribution in [2.75, 3.05) is 13.2 Å². The van der Waals surface area contributed by atoms with Gasteiger partial charge in [-0.05, 0) is 0 Å². The lowest BCUT2D eigenvalue weighted by Gasteiger charge is -2.14. The Kier molecular flexibility index (Phi) is 2.67. The molecular formula is C6H11NO4. The molecule has 1 amide bonds. The van der Waals surface area contributed by atoms with Gasteiger partial charge in [0.15, 0.2) is 0 Å². The smallest absolute Gasteiger partial charge is 0.404 e. The molecule has 0 aromatic carbocycles. The number of primary amides is 1. The van der Waals surface area contributed by atoms with Crippen molar-refractivity contribution in [2.45, 2.75) is 18.6 Å². The molecule has 11 heavy (non-hydrogen) atoms. The molecule has 3 N–H and O–H groups in total. The second kappa shape index (κ2) is 3.54. The first-order valence-corrected chi connectivity index (χ1v) is 3.42. The lowest BCUT2D eigenvalue weighted by Crippen LogP contribution is -2.32. The Morgan fingerprint density at radius 3 is 3.09 bits per heavy atom. The van der Waals surface area contributed by atoms with Crippen molar-refractivity contribution in [1.82, 2.24) is 0 Å². The van der Waals surface area contributed by atoms with Gasteiger partial charge in [0.25, 0.3) is 0 Å². The van der Waals surface area contributed by atoms with Crippen molar-refractivity contribution in [3.63, 3.8) is 0 Å². The first kappa shape index (κ1) is 8.29. The van der Waals surface area contributed by atoms with Crippen molar-refractivity contribution in [3.05, 3.63) is 0 Å². The van der Waals surface area contributed by atoms with Crippen molar-refractivity contribution in [3.8, 4) is 0 Å². The Labute approximate surface area is 64.1 Å². The van der Waals surface area contributed by atoms with Gasteiger partial charge in [0.05, 0.1) is 13.2 Å². The summed E-state index contributed by atoms with van der Waals surface area (Å²) in [5, 5.41) is 8.69. The predicted molar refractivity (Wildman–Crippen MR) is 35.9 cm³/mol. The van der Waals surface area contributed by atoms with Crippen LogP contribution in [0.1, 0.15) is 6.42 Å². The van der Waals surface area contributed by atoms with Crippen LogP contribution in [-0.2, 0) is 9.47 Å². The van der Waals surface area contributed by atoms with Gasteiger partial charge in [-0.15, -0.1) is 0 Å². The highest BCUT2D eigenvalue weighted by Gasteiger charge is 2.30. The Balaban J connectivity index is 2.37. The van der Waals surface area contributed by atoms with E-state index >= 15 is 0 Å². The van der Waals surface area contributed by atoms with Gasteiger partial charge >= 0.3 is 6.09 Å². The lowest BCUT2D eigenvalue weighted by molar-refractivity contribution is -0.00276. The number of carbonyl (C=O) groups is 1. The van der Waals surface area contributed by atoms with Gasteiger partial charge in [-0.2, -0.15) is 0 Å². The van der Waals surface area contributed by atoms with E-state index in [1.165, 1.54) is 0 Å². The van der Waals surface area contributed by atoms with Crippen LogP contribution in [0.3, 0.4) is 0 Å². The molecule has 0 aliphatic carbocycles. The molecule has 0 bridgehead atoms. The van der Waals surface area contributed by atoms with E-state index in [2.05, 4.69) is 4.74 Å². The van der Waals surface area contributed by atoms with Crippen LogP contribution in [-0.4, -0.2) is 36.6 Å². The second-order valence-corrected chi connectivity index (χ2v) is 2.36. The third kappa shape index (κ3) is 2.06. The highest BCUT2D eigenvalue weighted by molar-refractivity contribution is 5.64. The molecule has 0 spiro atoms. The SMILES string of the molecule is NC(=O)OC1CCOC1CO. The number of rotatable bonds is 2. The van der Waals surface area contributed by atoms with Crippen molar-refractivity contribution in [2.24, 2.45) is 5.73 Å². The van der Waals surface area contributed by atoms with Crippen molar-refractivity contribution >= 4 is 6.09 Å². The van der Waals surface area contributed by atoms with Gasteiger partial charge in [-0.1, -0.05) is 0 Å². The molecule has 5 heteroatoms. The van der Waals surface area contributed by atoms with E-state index in [4.69, 9.17) is 15.6 Å². The summed E-state index contributed by atoms with van der Waals surface area (Å²) >= 11 is 0. The fourth-order valence-electron chi connectivity index (χ4n) is 1.08. The third-order valence-electron chi connectivity index (χ3n) is 1.60. The molecule has 0 aromatic heterocycles. The molecule has 1 fully saturated rings. The largest absolute Gasteiger partial charge is 0.443 e. The maximum absolute atomic E-state index is 10.3. The molecule has 5 nitrogen and oxygen atoms in total. The first-order valence-electron chi connectivity index (χ1n) is 3.42. The maximum Gasteiger partial charge on any atom is 0.404 e. The topological polar surface area (TPSA) is 81.8 Å². The number of aliphatic hydroxyl groups excluding tert-OH is 1. The molecule has 64 valence electrons. The normalized spacial score (nSPS) is 30.3. The van der Waals surface area contributed by atoms with Gasteiger partial charge in [-0.3, -0.25) is 0 Å². The number of amides is 1. The van der Waals surface area contributed by atoms with Crippen LogP contribution in [0.25, 0.3) is 0 Å². The molecule has 1 heterocycles. The molecule has 1 aliphatic heterocycles. The van der Waals surface area contributed by atoms with Gasteiger partial charge in [0.2, 0.25) is 0 Å². The zero-order valence-electron chi connectivity index (χ0n) is 6.03. The summed E-state index contributed by atoms with van der Waals surface area (Å²) in [6.07, 6.45) is -0.993. The quantitative estimate of drug-likeness (QED) is 0.557. The summed E-state index contributed by atoms with van der Waals surface area (Å²) in [5.74, 6) is 0. The minimum atomic E-state index is -0.820. The molecule has 2 atom stereocenters. The lowest BCUT2D eigenvalue weighted by atomic mass is 10.2. The fourth-order valence-corrected chi connectivity index (χ4v) is 1.08. The summed E-state index contributed by atoms with van der Waals surface area (Å²) in [7, 11) is 0. The average Bonchev–Trinajstić information content (AvgIpc) is 2.34. The van der Waals surface area contributed by atoms with E-state index in [1.54, 1.807) is 0 Å². The standard InChI is InChI=1S/C6H11NO4/c7-6(9)11-4-1-2-10-5(4)3-8/h4-5,8H,1-3H2,(H2,7,9). The summed E-state index contributed by atoms with van der Waals surface area (Å²) in [5.41, 5.74) is 4.79. The van der Waals surface area contributed by atoms with E-state index in [9.17, 15) is 4.79 Å². The van der Waals surface area contributed by atoms with E-state index < -0.39 is 12.2 Å². The molecule has 2 unspecified atom stereocenters. The van der Waals surface area contributed by atoms with Gasteiger partial charge in [-0.25, -0.2) is 4.79 Å². The number of ether oxygens (including phenoxy) is 2. The molecule has 1 rings (SSSR count). The summed E-state index contributed by atoms with van der Waals surface area (Å²) in [6, 6.07) is 0. The highest BCUT2D eigenvalue weighted by atomic mass is 16.6. The van der Waals surface area contributed by atoms with E-state index in [0.717, 1.165) is 0 Å². The zero-order valence-corrected chi connectivity index (χ0v) is 6.03. The first-order chi connectivity index (χ1) is 5.24. The monoisotopic (exact) mass is 161 g/mol. The van der Waals surface area contributed by atoms with E-state index in [1.807, 2.05) is 0 Å². The zero-order chi connectivity index (χ0) is 8.27. The van der Waals surface area contributed by atoms with Crippen LogP contribution in [0.2, 0.25) is 0 Å². The third-order valence-corrected chi connectivity index (χ3v) is 1.60. The maximum atomic E-state index is 10.3. The number of hydrogen-bond donors (Lipinski definition) is 2. The Morgan fingerprint density at radius 1 is 1.82 bits per heavy atom. The van der Waals surface area contributed by atoms with Crippen LogP contribution in [0, 0.1) is 0 Å². The summed E-state index contributed by atoms with van der Waals surface area (Å²) < 4.78 is 9.70. The molecular weight excluding hydrogens is 150 g/mol. The van der Waals surface area contributed by atoms with Crippen LogP contribution < -0.4 is 5.73 Å². The minimum Gasteiger partial charge on any atom is -0.443 e. The highest BCUT2D eigenvalue weighted by Crippen LogP contribution is 2.16. The van der Waals surface area contributed by atoms with Crippen LogP contribution >= 0.6 is 0 Å². The summed E-state index contributed by atoms with van der Waals surface area (Å²) in [4.78, 5) is 10.3.